The minimum atomic E-state index is -0.330. The molecule has 1 amide bonds. The van der Waals surface area contributed by atoms with Crippen molar-refractivity contribution >= 4 is 43.8 Å². The second kappa shape index (κ2) is 6.23. The average molecular weight is 362 g/mol. The van der Waals surface area contributed by atoms with E-state index in [1.807, 2.05) is 6.07 Å². The normalized spacial score (nSPS) is 13.4. The number of carbonyl (C=O) groups is 1. The number of fused-ring (bicyclic) bond motifs is 2. The van der Waals surface area contributed by atoms with Crippen LogP contribution in [0.25, 0.3) is 10.1 Å². The first-order valence-corrected chi connectivity index (χ1v) is 9.29. The number of aryl methyl sites for hydroxylation is 2. The van der Waals surface area contributed by atoms with E-state index in [1.165, 1.54) is 40.7 Å². The zero-order chi connectivity index (χ0) is 16.7. The SMILES string of the molecule is COCc1c(C(=O)Nc2nc3c(s2)CCC3)sc2cccc(F)c12. The van der Waals surface area contributed by atoms with Crippen LogP contribution in [0.5, 0.6) is 0 Å². The minimum Gasteiger partial charge on any atom is -0.380 e. The van der Waals surface area contributed by atoms with Crippen LogP contribution in [0.2, 0.25) is 0 Å². The van der Waals surface area contributed by atoms with Gasteiger partial charge in [-0.1, -0.05) is 6.07 Å². The van der Waals surface area contributed by atoms with Crippen molar-refractivity contribution in [3.8, 4) is 0 Å². The molecule has 24 heavy (non-hydrogen) atoms. The van der Waals surface area contributed by atoms with Gasteiger partial charge in [0.05, 0.1) is 17.2 Å². The number of ether oxygens (including phenoxy) is 1. The highest BCUT2D eigenvalue weighted by Gasteiger charge is 2.23. The fourth-order valence-corrected chi connectivity index (χ4v) is 5.19. The predicted molar refractivity (Wildman–Crippen MR) is 94.6 cm³/mol. The van der Waals surface area contributed by atoms with Crippen LogP contribution in [0.4, 0.5) is 9.52 Å². The predicted octanol–water partition coefficient (Wildman–Crippen LogP) is 4.38. The molecular formula is C17H15FN2O2S2. The molecule has 7 heteroatoms. The molecule has 0 bridgehead atoms. The summed E-state index contributed by atoms with van der Waals surface area (Å²) >= 11 is 2.81. The molecule has 0 spiro atoms. The Morgan fingerprint density at radius 1 is 1.38 bits per heavy atom. The zero-order valence-corrected chi connectivity index (χ0v) is 14.7. The lowest BCUT2D eigenvalue weighted by atomic mass is 10.1. The van der Waals surface area contributed by atoms with Crippen molar-refractivity contribution < 1.29 is 13.9 Å². The number of nitrogens with one attached hydrogen (secondary N) is 1. The molecule has 2 aromatic heterocycles. The van der Waals surface area contributed by atoms with Crippen molar-refractivity contribution in [3.05, 3.63) is 45.0 Å². The fraction of sp³-hybridized carbons (Fsp3) is 0.294. The molecule has 0 radical (unpaired) electrons. The number of methoxy groups -OCH3 is 1. The van der Waals surface area contributed by atoms with Crippen LogP contribution >= 0.6 is 22.7 Å². The minimum absolute atomic E-state index is 0.193. The largest absolute Gasteiger partial charge is 0.380 e. The van der Waals surface area contributed by atoms with Crippen molar-refractivity contribution in [3.63, 3.8) is 0 Å². The Labute approximate surface area is 146 Å². The van der Waals surface area contributed by atoms with E-state index < -0.39 is 0 Å². The van der Waals surface area contributed by atoms with Gasteiger partial charge in [0, 0.05) is 27.6 Å². The maximum Gasteiger partial charge on any atom is 0.267 e. The van der Waals surface area contributed by atoms with Crippen molar-refractivity contribution in [1.29, 1.82) is 0 Å². The maximum absolute atomic E-state index is 14.2. The molecule has 0 fully saturated rings. The number of nitrogens with zero attached hydrogens (tertiary/aromatic N) is 1. The summed E-state index contributed by atoms with van der Waals surface area (Å²) in [5.41, 5.74) is 1.69. The maximum atomic E-state index is 14.2. The van der Waals surface area contributed by atoms with Crippen LogP contribution in [0.1, 0.15) is 32.2 Å². The molecule has 0 saturated heterocycles. The van der Waals surface area contributed by atoms with Gasteiger partial charge in [0.15, 0.2) is 5.13 Å². The van der Waals surface area contributed by atoms with E-state index in [2.05, 4.69) is 10.3 Å². The number of hydrogen-bond donors (Lipinski definition) is 1. The highest BCUT2D eigenvalue weighted by molar-refractivity contribution is 7.21. The Bertz CT molecular complexity index is 911. The third-order valence-electron chi connectivity index (χ3n) is 4.07. The van der Waals surface area contributed by atoms with E-state index in [0.717, 1.165) is 29.7 Å². The van der Waals surface area contributed by atoms with Gasteiger partial charge >= 0.3 is 0 Å². The number of anilines is 1. The van der Waals surface area contributed by atoms with Crippen LogP contribution in [0, 0.1) is 5.82 Å². The fourth-order valence-electron chi connectivity index (χ4n) is 3.03. The molecule has 0 atom stereocenters. The van der Waals surface area contributed by atoms with E-state index in [1.54, 1.807) is 6.07 Å². The number of thiophene rings is 1. The standard InChI is InChI=1S/C17H15FN2O2S2/c1-22-8-9-14-10(18)4-2-7-13(14)23-15(9)16(21)20-17-19-11-5-3-6-12(11)24-17/h2,4,7H,3,5-6,8H2,1H3,(H,19,20,21). The second-order valence-corrected chi connectivity index (χ2v) is 7.79. The summed E-state index contributed by atoms with van der Waals surface area (Å²) < 4.78 is 20.1. The summed E-state index contributed by atoms with van der Waals surface area (Å²) in [6.45, 7) is 0.193. The van der Waals surface area contributed by atoms with Crippen LogP contribution in [-0.4, -0.2) is 18.0 Å². The lowest BCUT2D eigenvalue weighted by Gasteiger charge is -2.04. The van der Waals surface area contributed by atoms with Gasteiger partial charge < -0.3 is 4.74 Å². The Morgan fingerprint density at radius 3 is 3.04 bits per heavy atom. The number of hydrogen-bond acceptors (Lipinski definition) is 5. The first-order valence-electron chi connectivity index (χ1n) is 7.66. The second-order valence-electron chi connectivity index (χ2n) is 5.65. The third-order valence-corrected chi connectivity index (χ3v) is 6.34. The number of halogens is 1. The molecule has 3 aromatic rings. The third kappa shape index (κ3) is 2.62. The van der Waals surface area contributed by atoms with Gasteiger partial charge in [-0.05, 0) is 31.4 Å². The van der Waals surface area contributed by atoms with Gasteiger partial charge in [-0.3, -0.25) is 10.1 Å². The van der Waals surface area contributed by atoms with E-state index in [9.17, 15) is 9.18 Å². The van der Waals surface area contributed by atoms with E-state index in [4.69, 9.17) is 4.74 Å². The molecule has 0 unspecified atom stereocenters. The summed E-state index contributed by atoms with van der Waals surface area (Å²) in [5.74, 6) is -0.585. The van der Waals surface area contributed by atoms with Crippen LogP contribution < -0.4 is 5.32 Å². The molecule has 4 nitrogen and oxygen atoms in total. The van der Waals surface area contributed by atoms with E-state index >= 15 is 0 Å². The average Bonchev–Trinajstić information content (AvgIpc) is 3.21. The summed E-state index contributed by atoms with van der Waals surface area (Å²) in [6, 6.07) is 4.87. The summed E-state index contributed by atoms with van der Waals surface area (Å²) in [7, 11) is 1.54. The lowest BCUT2D eigenvalue weighted by Crippen LogP contribution is -2.12. The van der Waals surface area contributed by atoms with Gasteiger partial charge in [-0.25, -0.2) is 9.37 Å². The Kier molecular flexibility index (Phi) is 4.07. The molecule has 1 aliphatic carbocycles. The summed E-state index contributed by atoms with van der Waals surface area (Å²) in [5, 5.41) is 3.95. The number of benzene rings is 1. The van der Waals surface area contributed by atoms with Gasteiger partial charge in [-0.15, -0.1) is 22.7 Å². The topological polar surface area (TPSA) is 51.2 Å². The molecule has 1 aliphatic rings. The molecule has 4 rings (SSSR count). The first-order chi connectivity index (χ1) is 11.7. The highest BCUT2D eigenvalue weighted by Crippen LogP contribution is 2.35. The molecular weight excluding hydrogens is 347 g/mol. The highest BCUT2D eigenvalue weighted by atomic mass is 32.1. The van der Waals surface area contributed by atoms with Gasteiger partial charge in [0.2, 0.25) is 0 Å². The summed E-state index contributed by atoms with van der Waals surface area (Å²) in [6.07, 6.45) is 3.15. The van der Waals surface area contributed by atoms with E-state index in [0.29, 0.717) is 21.0 Å². The number of aromatic nitrogens is 1. The number of rotatable bonds is 4. The molecule has 1 N–H and O–H groups in total. The van der Waals surface area contributed by atoms with Crippen molar-refractivity contribution in [2.75, 3.05) is 12.4 Å². The Morgan fingerprint density at radius 2 is 2.25 bits per heavy atom. The zero-order valence-electron chi connectivity index (χ0n) is 13.0. The van der Waals surface area contributed by atoms with Crippen LogP contribution in [0.15, 0.2) is 18.2 Å². The monoisotopic (exact) mass is 362 g/mol. The molecule has 0 aliphatic heterocycles. The van der Waals surface area contributed by atoms with Gasteiger partial charge in [-0.2, -0.15) is 0 Å². The van der Waals surface area contributed by atoms with Crippen molar-refractivity contribution in [2.45, 2.75) is 25.9 Å². The number of thiazole rings is 1. The van der Waals surface area contributed by atoms with Gasteiger partial charge in [0.1, 0.15) is 5.82 Å². The van der Waals surface area contributed by atoms with Crippen molar-refractivity contribution in [2.24, 2.45) is 0 Å². The van der Waals surface area contributed by atoms with Gasteiger partial charge in [0.25, 0.3) is 5.91 Å². The van der Waals surface area contributed by atoms with Crippen molar-refractivity contribution in [1.82, 2.24) is 4.98 Å². The summed E-state index contributed by atoms with van der Waals surface area (Å²) in [4.78, 5) is 18.9. The Hall–Kier alpha value is -1.83. The van der Waals surface area contributed by atoms with Crippen LogP contribution in [0.3, 0.4) is 0 Å². The molecule has 124 valence electrons. The number of carbonyl (C=O) groups excluding carboxylic acids is 1. The lowest BCUT2D eigenvalue weighted by molar-refractivity contribution is 0.102. The molecule has 2 heterocycles. The Balaban J connectivity index is 1.70. The molecule has 1 aromatic carbocycles. The molecule has 0 saturated carbocycles. The number of amides is 1. The van der Waals surface area contributed by atoms with E-state index in [-0.39, 0.29) is 18.3 Å². The first kappa shape index (κ1) is 15.7. The quantitative estimate of drug-likeness (QED) is 0.749. The smallest absolute Gasteiger partial charge is 0.267 e. The van der Waals surface area contributed by atoms with Crippen LogP contribution in [-0.2, 0) is 24.2 Å².